The van der Waals surface area contributed by atoms with Crippen molar-refractivity contribution in [2.24, 2.45) is 0 Å². The Morgan fingerprint density at radius 1 is 1.75 bits per heavy atom. The third-order valence-electron chi connectivity index (χ3n) is 2.82. The highest BCUT2D eigenvalue weighted by Crippen LogP contribution is 2.08. The molecule has 1 unspecified atom stereocenters. The molecule has 1 aromatic heterocycles. The maximum atomic E-state index is 11.5. The van der Waals surface area contributed by atoms with E-state index < -0.39 is 17.1 Å². The first-order valence-corrected chi connectivity index (χ1v) is 5.88. The van der Waals surface area contributed by atoms with Gasteiger partial charge < -0.3 is 25.9 Å². The van der Waals surface area contributed by atoms with Gasteiger partial charge in [0, 0.05) is 6.54 Å². The fourth-order valence-electron chi connectivity index (χ4n) is 1.77. The Hall–Kier alpha value is -2.49. The number of imidazole rings is 1. The molecule has 10 heteroatoms. The van der Waals surface area contributed by atoms with E-state index in [-0.39, 0.29) is 37.3 Å². The van der Waals surface area contributed by atoms with Gasteiger partial charge in [0.1, 0.15) is 24.5 Å². The van der Waals surface area contributed by atoms with Crippen LogP contribution in [0.4, 0.5) is 5.95 Å². The Kier molecular flexibility index (Phi) is 3.94. The van der Waals surface area contributed by atoms with Gasteiger partial charge in [-0.05, 0) is 4.92 Å². The molecule has 0 spiro atoms. The Morgan fingerprint density at radius 3 is 3.05 bits per heavy atom. The van der Waals surface area contributed by atoms with Gasteiger partial charge in [0.15, 0.2) is 0 Å². The maximum absolute atomic E-state index is 11.5. The minimum atomic E-state index is -0.998. The quantitative estimate of drug-likeness (QED) is 0.318. The van der Waals surface area contributed by atoms with Crippen molar-refractivity contribution in [3.63, 3.8) is 0 Å². The fraction of sp³-hybridized carbons (Fsp3) is 0.500. The molecule has 2 atom stereocenters. The van der Waals surface area contributed by atoms with Crippen LogP contribution in [-0.4, -0.2) is 50.1 Å². The lowest BCUT2D eigenvalue weighted by molar-refractivity contribution is -0.397. The monoisotopic (exact) mass is 283 g/mol. The predicted octanol–water partition coefficient (Wildman–Crippen LogP) is -1.84. The van der Waals surface area contributed by atoms with E-state index in [1.165, 1.54) is 17.0 Å². The SMILES string of the molecule is O=C1C[C@@H](C(=O)NCC(O)Cn2ccnc2[N+](=O)[O-])N1. The molecule has 1 fully saturated rings. The zero-order chi connectivity index (χ0) is 14.7. The fourth-order valence-corrected chi connectivity index (χ4v) is 1.77. The number of aromatic nitrogens is 2. The van der Waals surface area contributed by atoms with Crippen LogP contribution >= 0.6 is 0 Å². The van der Waals surface area contributed by atoms with Crippen LogP contribution in [0.3, 0.4) is 0 Å². The summed E-state index contributed by atoms with van der Waals surface area (Å²) in [5.74, 6) is -0.954. The number of nitrogens with zero attached hydrogens (tertiary/aromatic N) is 3. The molecule has 1 aromatic rings. The lowest BCUT2D eigenvalue weighted by Gasteiger charge is -2.25. The van der Waals surface area contributed by atoms with Crippen molar-refractivity contribution >= 4 is 17.8 Å². The van der Waals surface area contributed by atoms with Crippen molar-refractivity contribution in [1.29, 1.82) is 0 Å². The van der Waals surface area contributed by atoms with Gasteiger partial charge in [-0.2, -0.15) is 0 Å². The molecule has 10 nitrogen and oxygen atoms in total. The van der Waals surface area contributed by atoms with Crippen LogP contribution in [0.1, 0.15) is 6.42 Å². The normalized spacial score (nSPS) is 18.9. The topological polar surface area (TPSA) is 139 Å². The second-order valence-electron chi connectivity index (χ2n) is 4.36. The molecule has 2 amide bonds. The lowest BCUT2D eigenvalue weighted by atomic mass is 10.1. The molecule has 0 radical (unpaired) electrons. The lowest BCUT2D eigenvalue weighted by Crippen LogP contribution is -2.57. The summed E-state index contributed by atoms with van der Waals surface area (Å²) in [6, 6.07) is -0.558. The third-order valence-corrected chi connectivity index (χ3v) is 2.82. The van der Waals surface area contributed by atoms with Crippen molar-refractivity contribution in [2.75, 3.05) is 6.54 Å². The second kappa shape index (κ2) is 5.65. The summed E-state index contributed by atoms with van der Waals surface area (Å²) in [6.07, 6.45) is 1.76. The van der Waals surface area contributed by atoms with Gasteiger partial charge in [0.05, 0.1) is 13.0 Å². The Balaban J connectivity index is 1.79. The minimum absolute atomic E-state index is 0.0619. The van der Waals surface area contributed by atoms with Crippen LogP contribution in [0.25, 0.3) is 0 Å². The first-order valence-electron chi connectivity index (χ1n) is 5.88. The molecule has 0 bridgehead atoms. The molecule has 2 rings (SSSR count). The van der Waals surface area contributed by atoms with Crippen molar-refractivity contribution in [3.8, 4) is 0 Å². The summed E-state index contributed by atoms with van der Waals surface area (Å²) in [4.78, 5) is 35.7. The van der Waals surface area contributed by atoms with Gasteiger partial charge >= 0.3 is 5.95 Å². The minimum Gasteiger partial charge on any atom is -0.390 e. The summed E-state index contributed by atoms with van der Waals surface area (Å²) >= 11 is 0. The summed E-state index contributed by atoms with van der Waals surface area (Å²) in [5, 5.41) is 25.2. The zero-order valence-corrected chi connectivity index (χ0v) is 10.4. The van der Waals surface area contributed by atoms with E-state index in [9.17, 15) is 24.8 Å². The van der Waals surface area contributed by atoms with Crippen LogP contribution in [0, 0.1) is 10.1 Å². The molecule has 0 aliphatic carbocycles. The number of hydrogen-bond donors (Lipinski definition) is 3. The van der Waals surface area contributed by atoms with Crippen molar-refractivity contribution in [1.82, 2.24) is 20.2 Å². The molecule has 0 aromatic carbocycles. The summed E-state index contributed by atoms with van der Waals surface area (Å²) in [6.45, 7) is -0.131. The van der Waals surface area contributed by atoms with Crippen molar-refractivity contribution in [3.05, 3.63) is 22.5 Å². The van der Waals surface area contributed by atoms with E-state index in [0.29, 0.717) is 0 Å². The highest BCUT2D eigenvalue weighted by atomic mass is 16.6. The molecule has 3 N–H and O–H groups in total. The summed E-state index contributed by atoms with van der Waals surface area (Å²) < 4.78 is 1.18. The number of amides is 2. The van der Waals surface area contributed by atoms with Crippen LogP contribution < -0.4 is 10.6 Å². The molecule has 108 valence electrons. The first kappa shape index (κ1) is 13.9. The summed E-state index contributed by atoms with van der Waals surface area (Å²) in [7, 11) is 0. The molecule has 1 saturated heterocycles. The average Bonchev–Trinajstić information content (AvgIpc) is 2.80. The molecule has 20 heavy (non-hydrogen) atoms. The molecule has 1 aliphatic rings. The van der Waals surface area contributed by atoms with Gasteiger partial charge in [-0.15, -0.1) is 0 Å². The number of hydrogen-bond acceptors (Lipinski definition) is 6. The molecule has 0 saturated carbocycles. The highest BCUT2D eigenvalue weighted by molar-refractivity contribution is 5.97. The average molecular weight is 283 g/mol. The molecule has 1 aliphatic heterocycles. The van der Waals surface area contributed by atoms with Crippen LogP contribution in [-0.2, 0) is 16.1 Å². The van der Waals surface area contributed by atoms with Crippen molar-refractivity contribution in [2.45, 2.75) is 25.1 Å². The summed E-state index contributed by atoms with van der Waals surface area (Å²) in [5.41, 5.74) is 0. The smallest absolute Gasteiger partial charge is 0.390 e. The van der Waals surface area contributed by atoms with E-state index in [2.05, 4.69) is 15.6 Å². The Bertz CT molecular complexity index is 534. The van der Waals surface area contributed by atoms with Gasteiger partial charge in [0.25, 0.3) is 0 Å². The molecule has 2 heterocycles. The Morgan fingerprint density at radius 2 is 2.45 bits per heavy atom. The Labute approximate surface area is 112 Å². The van der Waals surface area contributed by atoms with Crippen LogP contribution in [0.15, 0.2) is 12.4 Å². The van der Waals surface area contributed by atoms with Crippen LogP contribution in [0.5, 0.6) is 0 Å². The van der Waals surface area contributed by atoms with Crippen LogP contribution in [0.2, 0.25) is 0 Å². The molecular formula is C10H13N5O5. The van der Waals surface area contributed by atoms with Gasteiger partial charge in [0.2, 0.25) is 11.8 Å². The largest absolute Gasteiger partial charge is 0.434 e. The van der Waals surface area contributed by atoms with Gasteiger partial charge in [-0.3, -0.25) is 9.59 Å². The number of carbonyl (C=O) groups is 2. The van der Waals surface area contributed by atoms with E-state index in [1.54, 1.807) is 0 Å². The third kappa shape index (κ3) is 3.09. The second-order valence-corrected chi connectivity index (χ2v) is 4.36. The van der Waals surface area contributed by atoms with E-state index in [4.69, 9.17) is 0 Å². The number of carbonyl (C=O) groups excluding carboxylic acids is 2. The number of aliphatic hydroxyl groups excluding tert-OH is 1. The number of nitro groups is 1. The van der Waals surface area contributed by atoms with Crippen molar-refractivity contribution < 1.29 is 19.6 Å². The zero-order valence-electron chi connectivity index (χ0n) is 10.4. The standard InChI is InChI=1S/C10H13N5O5/c16-6(4-12-9(18)7-3-8(17)13-7)5-14-2-1-11-10(14)15(19)20/h1-2,6-7,16H,3-5H2,(H,12,18)(H,13,17)/t6?,7-/m0/s1. The highest BCUT2D eigenvalue weighted by Gasteiger charge is 2.31. The predicted molar refractivity (Wildman–Crippen MR) is 64.4 cm³/mol. The van der Waals surface area contributed by atoms with Gasteiger partial charge in [-0.25, -0.2) is 4.57 Å². The number of aliphatic hydroxyl groups is 1. The van der Waals surface area contributed by atoms with E-state index >= 15 is 0 Å². The van der Waals surface area contributed by atoms with E-state index in [0.717, 1.165) is 0 Å². The van der Waals surface area contributed by atoms with E-state index in [1.807, 2.05) is 0 Å². The molecular weight excluding hydrogens is 270 g/mol. The number of β-lactam (4-membered cyclic amide) rings is 1. The first-order chi connectivity index (χ1) is 9.47. The van der Waals surface area contributed by atoms with Gasteiger partial charge in [-0.1, -0.05) is 4.98 Å². The number of nitrogens with one attached hydrogen (secondary N) is 2. The number of rotatable bonds is 6. The maximum Gasteiger partial charge on any atom is 0.434 e.